The summed E-state index contributed by atoms with van der Waals surface area (Å²) in [6, 6.07) is 15.5. The van der Waals surface area contributed by atoms with Crippen molar-refractivity contribution in [3.05, 3.63) is 82.7 Å². The third kappa shape index (κ3) is 5.23. The Hall–Kier alpha value is -3.67. The molecule has 6 heteroatoms. The van der Waals surface area contributed by atoms with Crippen LogP contribution in [0.5, 0.6) is 0 Å². The summed E-state index contributed by atoms with van der Waals surface area (Å²) in [6.07, 6.45) is 2.98. The van der Waals surface area contributed by atoms with Crippen LogP contribution >= 0.6 is 0 Å². The van der Waals surface area contributed by atoms with Crippen LogP contribution in [-0.4, -0.2) is 28.3 Å². The van der Waals surface area contributed by atoms with Crippen molar-refractivity contribution >= 4 is 23.6 Å². The minimum Gasteiger partial charge on any atom is -0.452 e. The lowest BCUT2D eigenvalue weighted by Gasteiger charge is -2.07. The van der Waals surface area contributed by atoms with Gasteiger partial charge in [-0.1, -0.05) is 24.3 Å². The van der Waals surface area contributed by atoms with Gasteiger partial charge in [0.2, 0.25) is 0 Å². The highest BCUT2D eigenvalue weighted by Crippen LogP contribution is 2.19. The number of aromatic nitrogens is 2. The van der Waals surface area contributed by atoms with Crippen LogP contribution in [0.15, 0.2) is 54.6 Å². The summed E-state index contributed by atoms with van der Waals surface area (Å²) in [4.78, 5) is 24.1. The normalized spacial score (nSPS) is 10.9. The van der Waals surface area contributed by atoms with E-state index in [4.69, 9.17) is 4.74 Å². The number of rotatable bonds is 6. The van der Waals surface area contributed by atoms with Gasteiger partial charge in [0.1, 0.15) is 0 Å². The van der Waals surface area contributed by atoms with Gasteiger partial charge in [-0.15, -0.1) is 0 Å². The number of hydrogen-bond donors (Lipinski definition) is 1. The van der Waals surface area contributed by atoms with Crippen molar-refractivity contribution in [3.63, 3.8) is 0 Å². The number of nitrogens with one attached hydrogen (secondary N) is 1. The average molecular weight is 403 g/mol. The van der Waals surface area contributed by atoms with Crippen molar-refractivity contribution in [3.8, 4) is 5.69 Å². The largest absolute Gasteiger partial charge is 0.452 e. The molecular weight excluding hydrogens is 378 g/mol. The molecule has 0 atom stereocenters. The minimum absolute atomic E-state index is 0.350. The van der Waals surface area contributed by atoms with Crippen LogP contribution in [-0.2, 0) is 14.3 Å². The predicted octanol–water partition coefficient (Wildman–Crippen LogP) is 4.30. The lowest BCUT2D eigenvalue weighted by molar-refractivity contribution is -0.142. The lowest BCUT2D eigenvalue weighted by atomic mass is 10.1. The molecule has 0 spiro atoms. The maximum absolute atomic E-state index is 12.1. The van der Waals surface area contributed by atoms with Gasteiger partial charge in [-0.25, -0.2) is 9.48 Å². The third-order valence-electron chi connectivity index (χ3n) is 4.59. The van der Waals surface area contributed by atoms with E-state index >= 15 is 0 Å². The van der Waals surface area contributed by atoms with Gasteiger partial charge in [-0.05, 0) is 69.2 Å². The number of esters is 1. The van der Waals surface area contributed by atoms with E-state index in [0.29, 0.717) is 5.69 Å². The van der Waals surface area contributed by atoms with E-state index in [1.807, 2.05) is 80.9 Å². The molecule has 2 aromatic carbocycles. The van der Waals surface area contributed by atoms with E-state index in [1.54, 1.807) is 6.08 Å². The molecule has 0 aliphatic carbocycles. The topological polar surface area (TPSA) is 73.2 Å². The molecule has 1 aromatic heterocycles. The van der Waals surface area contributed by atoms with Crippen molar-refractivity contribution in [2.45, 2.75) is 27.7 Å². The lowest BCUT2D eigenvalue weighted by Crippen LogP contribution is -2.20. The molecule has 30 heavy (non-hydrogen) atoms. The van der Waals surface area contributed by atoms with Crippen molar-refractivity contribution in [2.24, 2.45) is 0 Å². The molecule has 1 heterocycles. The van der Waals surface area contributed by atoms with Gasteiger partial charge in [0.15, 0.2) is 6.61 Å². The van der Waals surface area contributed by atoms with Crippen molar-refractivity contribution in [1.82, 2.24) is 9.78 Å². The molecule has 6 nitrogen and oxygen atoms in total. The van der Waals surface area contributed by atoms with Gasteiger partial charge in [0.05, 0.1) is 11.4 Å². The Morgan fingerprint density at radius 2 is 1.70 bits per heavy atom. The van der Waals surface area contributed by atoms with E-state index < -0.39 is 5.97 Å². The molecule has 0 saturated heterocycles. The SMILES string of the molecule is Cc1cc(C)cc(NC(=O)COC(=O)/C=C/c2c(C)nn(-c3ccccc3)c2C)c1. The summed E-state index contributed by atoms with van der Waals surface area (Å²) >= 11 is 0. The number of hydrogen-bond acceptors (Lipinski definition) is 4. The Kier molecular flexibility index (Phi) is 6.47. The first-order chi connectivity index (χ1) is 14.3. The fourth-order valence-corrected chi connectivity index (χ4v) is 3.30. The Morgan fingerprint density at radius 3 is 2.37 bits per heavy atom. The molecule has 0 aliphatic rings. The molecule has 3 rings (SSSR count). The molecule has 0 saturated carbocycles. The summed E-state index contributed by atoms with van der Waals surface area (Å²) in [5.41, 5.74) is 6.28. The van der Waals surface area contributed by atoms with Gasteiger partial charge in [0, 0.05) is 23.0 Å². The number of carbonyl (C=O) groups excluding carboxylic acids is 2. The zero-order valence-corrected chi connectivity index (χ0v) is 17.6. The van der Waals surface area contributed by atoms with Gasteiger partial charge < -0.3 is 10.1 Å². The fourth-order valence-electron chi connectivity index (χ4n) is 3.30. The highest BCUT2D eigenvalue weighted by molar-refractivity contribution is 5.94. The molecule has 0 radical (unpaired) electrons. The Morgan fingerprint density at radius 1 is 1.03 bits per heavy atom. The standard InChI is InChI=1S/C24H25N3O3/c1-16-12-17(2)14-20(13-16)25-23(28)15-30-24(29)11-10-22-18(3)26-27(19(22)4)21-8-6-5-7-9-21/h5-14H,15H2,1-4H3,(H,25,28)/b11-10+. The number of aryl methyl sites for hydroxylation is 3. The van der Waals surface area contributed by atoms with Crippen LogP contribution in [0.25, 0.3) is 11.8 Å². The fraction of sp³-hybridized carbons (Fsp3) is 0.208. The molecule has 1 amide bonds. The van der Waals surface area contributed by atoms with Crippen molar-refractivity contribution in [1.29, 1.82) is 0 Å². The molecule has 0 aliphatic heterocycles. The average Bonchev–Trinajstić information content (AvgIpc) is 2.98. The maximum Gasteiger partial charge on any atom is 0.331 e. The Bertz CT molecular complexity index is 1080. The van der Waals surface area contributed by atoms with Crippen molar-refractivity contribution < 1.29 is 14.3 Å². The second kappa shape index (κ2) is 9.22. The van der Waals surface area contributed by atoms with Crippen LogP contribution in [0.1, 0.15) is 28.1 Å². The van der Waals surface area contributed by atoms with E-state index in [-0.39, 0.29) is 12.5 Å². The van der Waals surface area contributed by atoms with Crippen LogP contribution in [0.3, 0.4) is 0 Å². The number of nitrogens with zero attached hydrogens (tertiary/aromatic N) is 2. The monoisotopic (exact) mass is 403 g/mol. The van der Waals surface area contributed by atoms with Gasteiger partial charge >= 0.3 is 5.97 Å². The number of anilines is 1. The molecular formula is C24H25N3O3. The molecule has 3 aromatic rings. The number of amides is 1. The number of carbonyl (C=O) groups is 2. The van der Waals surface area contributed by atoms with Gasteiger partial charge in [-0.3, -0.25) is 4.79 Å². The molecule has 1 N–H and O–H groups in total. The number of ether oxygens (including phenoxy) is 1. The predicted molar refractivity (Wildman–Crippen MR) is 118 cm³/mol. The molecule has 0 unspecified atom stereocenters. The van der Waals surface area contributed by atoms with Gasteiger partial charge in [-0.2, -0.15) is 5.10 Å². The van der Waals surface area contributed by atoms with E-state index in [0.717, 1.165) is 33.8 Å². The summed E-state index contributed by atoms with van der Waals surface area (Å²) in [7, 11) is 0. The zero-order chi connectivity index (χ0) is 21.7. The van der Waals surface area contributed by atoms with Crippen molar-refractivity contribution in [2.75, 3.05) is 11.9 Å². The first kappa shape index (κ1) is 21.0. The molecule has 0 bridgehead atoms. The summed E-state index contributed by atoms with van der Waals surface area (Å²) in [5, 5.41) is 7.28. The number of para-hydroxylation sites is 1. The first-order valence-electron chi connectivity index (χ1n) is 9.68. The highest BCUT2D eigenvalue weighted by Gasteiger charge is 2.11. The van der Waals surface area contributed by atoms with Crippen LogP contribution in [0, 0.1) is 27.7 Å². The highest BCUT2D eigenvalue weighted by atomic mass is 16.5. The summed E-state index contributed by atoms with van der Waals surface area (Å²) < 4.78 is 6.90. The molecule has 0 fully saturated rings. The second-order valence-electron chi connectivity index (χ2n) is 7.20. The Labute approximate surface area is 176 Å². The zero-order valence-electron chi connectivity index (χ0n) is 17.6. The maximum atomic E-state index is 12.1. The smallest absolute Gasteiger partial charge is 0.331 e. The van der Waals surface area contributed by atoms with Crippen LogP contribution < -0.4 is 5.32 Å². The summed E-state index contributed by atoms with van der Waals surface area (Å²) in [5.74, 6) is -0.970. The Balaban J connectivity index is 1.60. The van der Waals surface area contributed by atoms with Gasteiger partial charge in [0.25, 0.3) is 5.91 Å². The first-order valence-corrected chi connectivity index (χ1v) is 9.68. The van der Waals surface area contributed by atoms with Crippen LogP contribution in [0.2, 0.25) is 0 Å². The van der Waals surface area contributed by atoms with E-state index in [9.17, 15) is 9.59 Å². The number of benzene rings is 2. The second-order valence-corrected chi connectivity index (χ2v) is 7.20. The minimum atomic E-state index is -0.586. The van der Waals surface area contributed by atoms with E-state index in [2.05, 4.69) is 10.4 Å². The van der Waals surface area contributed by atoms with E-state index in [1.165, 1.54) is 6.08 Å². The quantitative estimate of drug-likeness (QED) is 0.492. The summed E-state index contributed by atoms with van der Waals surface area (Å²) in [6.45, 7) is 7.39. The third-order valence-corrected chi connectivity index (χ3v) is 4.59. The van der Waals surface area contributed by atoms with Crippen LogP contribution in [0.4, 0.5) is 5.69 Å². The molecule has 154 valence electrons.